The molecule has 0 unspecified atom stereocenters. The third-order valence-electron chi connectivity index (χ3n) is 4.27. The minimum absolute atomic E-state index is 0.0862. The van der Waals surface area contributed by atoms with E-state index in [1.807, 2.05) is 0 Å². The number of nitrogens with two attached hydrogens (primary N) is 1. The number of hydrogen-bond acceptors (Lipinski definition) is 6. The van der Waals surface area contributed by atoms with E-state index < -0.39 is 11.8 Å². The molecular weight excluding hydrogens is 390 g/mol. The first-order valence-corrected chi connectivity index (χ1v) is 9.08. The molecule has 3 rings (SSSR count). The summed E-state index contributed by atoms with van der Waals surface area (Å²) in [5, 5.41) is 7.98. The summed E-state index contributed by atoms with van der Waals surface area (Å²) in [6.07, 6.45) is 6.29. The van der Waals surface area contributed by atoms with Gasteiger partial charge in [0.15, 0.2) is 11.6 Å². The molecule has 5 N–H and O–H groups in total. The van der Waals surface area contributed by atoms with E-state index in [1.54, 1.807) is 48.7 Å². The van der Waals surface area contributed by atoms with Crippen molar-refractivity contribution in [2.24, 2.45) is 26.9 Å². The molecule has 0 aliphatic carbocycles. The van der Waals surface area contributed by atoms with Gasteiger partial charge in [0.2, 0.25) is 5.82 Å². The summed E-state index contributed by atoms with van der Waals surface area (Å²) >= 11 is 0. The number of carbonyl (C=O) groups is 3. The van der Waals surface area contributed by atoms with E-state index in [0.717, 1.165) is 0 Å². The van der Waals surface area contributed by atoms with Gasteiger partial charge in [-0.15, -0.1) is 0 Å². The van der Waals surface area contributed by atoms with Crippen LogP contribution < -0.4 is 21.7 Å². The Labute approximate surface area is 172 Å². The molecular formula is C18H23N9O3. The number of hydrogen-bond donors (Lipinski definition) is 4. The van der Waals surface area contributed by atoms with Crippen LogP contribution in [0.4, 0.5) is 11.5 Å². The van der Waals surface area contributed by atoms with E-state index in [0.29, 0.717) is 24.5 Å². The minimum atomic E-state index is -0.491. The molecule has 0 bridgehead atoms. The van der Waals surface area contributed by atoms with Gasteiger partial charge in [-0.2, -0.15) is 0 Å². The van der Waals surface area contributed by atoms with Gasteiger partial charge in [-0.05, 0) is 6.07 Å². The number of imidazole rings is 2. The number of anilines is 2. The predicted octanol–water partition coefficient (Wildman–Crippen LogP) is -0.315. The van der Waals surface area contributed by atoms with Crippen molar-refractivity contribution in [2.45, 2.75) is 0 Å². The largest absolute Gasteiger partial charge is 0.349 e. The number of carbonyl (C=O) groups excluding carboxylic acids is 3. The Morgan fingerprint density at radius 2 is 1.70 bits per heavy atom. The topological polar surface area (TPSA) is 154 Å². The second-order valence-corrected chi connectivity index (χ2v) is 6.60. The van der Waals surface area contributed by atoms with Crippen LogP contribution in [-0.4, -0.2) is 54.5 Å². The maximum atomic E-state index is 12.6. The normalized spacial score (nSPS) is 10.7. The Morgan fingerprint density at radius 3 is 2.37 bits per heavy atom. The van der Waals surface area contributed by atoms with Gasteiger partial charge in [0, 0.05) is 59.0 Å². The van der Waals surface area contributed by atoms with Crippen molar-refractivity contribution in [3.63, 3.8) is 0 Å². The fourth-order valence-electron chi connectivity index (χ4n) is 2.82. The lowest BCUT2D eigenvalue weighted by molar-refractivity contribution is 0.0944. The van der Waals surface area contributed by atoms with Crippen LogP contribution in [0.5, 0.6) is 0 Å². The molecule has 0 aliphatic rings. The van der Waals surface area contributed by atoms with Crippen LogP contribution in [0.15, 0.2) is 30.9 Å². The number of aromatic nitrogens is 5. The Morgan fingerprint density at radius 1 is 0.967 bits per heavy atom. The van der Waals surface area contributed by atoms with E-state index in [-0.39, 0.29) is 23.4 Å². The molecule has 12 nitrogen and oxygen atoms in total. The van der Waals surface area contributed by atoms with Gasteiger partial charge in [-0.3, -0.25) is 14.4 Å². The van der Waals surface area contributed by atoms with Crippen LogP contribution in [0.25, 0.3) is 0 Å². The van der Waals surface area contributed by atoms with E-state index in [9.17, 15) is 14.4 Å². The smallest absolute Gasteiger partial charge is 0.292 e. The molecule has 3 aromatic heterocycles. The third-order valence-corrected chi connectivity index (χ3v) is 4.27. The number of aryl methyl sites for hydroxylation is 3. The molecule has 0 radical (unpaired) electrons. The molecule has 0 atom stereocenters. The van der Waals surface area contributed by atoms with Crippen molar-refractivity contribution >= 4 is 29.2 Å². The van der Waals surface area contributed by atoms with Gasteiger partial charge in [-0.25, -0.2) is 9.97 Å². The van der Waals surface area contributed by atoms with Crippen LogP contribution in [0.2, 0.25) is 0 Å². The summed E-state index contributed by atoms with van der Waals surface area (Å²) in [6.45, 7) is 0.684. The summed E-state index contributed by atoms with van der Waals surface area (Å²) in [5.41, 5.74) is 6.20. The molecule has 0 fully saturated rings. The van der Waals surface area contributed by atoms with Crippen LogP contribution >= 0.6 is 0 Å². The van der Waals surface area contributed by atoms with Crippen molar-refractivity contribution in [1.82, 2.24) is 29.0 Å². The lowest BCUT2D eigenvalue weighted by Gasteiger charge is -2.03. The quantitative estimate of drug-likeness (QED) is 0.416. The molecule has 12 heteroatoms. The van der Waals surface area contributed by atoms with Crippen LogP contribution in [-0.2, 0) is 21.1 Å². The molecule has 0 saturated carbocycles. The Bertz CT molecular complexity index is 1090. The van der Waals surface area contributed by atoms with Crippen LogP contribution in [0, 0.1) is 0 Å². The molecule has 0 saturated heterocycles. The summed E-state index contributed by atoms with van der Waals surface area (Å²) in [5.74, 6) is -0.706. The zero-order valence-electron chi connectivity index (χ0n) is 16.8. The van der Waals surface area contributed by atoms with Crippen molar-refractivity contribution in [3.05, 3.63) is 48.2 Å². The highest BCUT2D eigenvalue weighted by atomic mass is 16.2. The fraction of sp³-hybridized carbons (Fsp3) is 0.278. The Kier molecular flexibility index (Phi) is 5.97. The number of nitrogens with zero attached hydrogens (tertiary/aromatic N) is 5. The van der Waals surface area contributed by atoms with E-state index in [1.165, 1.54) is 17.0 Å². The van der Waals surface area contributed by atoms with Crippen molar-refractivity contribution in [3.8, 4) is 0 Å². The van der Waals surface area contributed by atoms with Gasteiger partial charge in [0.05, 0.1) is 5.69 Å². The van der Waals surface area contributed by atoms with Gasteiger partial charge in [0.25, 0.3) is 17.7 Å². The van der Waals surface area contributed by atoms with Gasteiger partial charge >= 0.3 is 0 Å². The minimum Gasteiger partial charge on any atom is -0.349 e. The predicted molar refractivity (Wildman–Crippen MR) is 109 cm³/mol. The first-order chi connectivity index (χ1) is 14.3. The highest BCUT2D eigenvalue weighted by molar-refractivity contribution is 6.04. The average molecular weight is 413 g/mol. The first kappa shape index (κ1) is 20.8. The second-order valence-electron chi connectivity index (χ2n) is 6.60. The standard InChI is InChI=1S/C18H23N9O3/c1-25-7-6-20-14(25)17(29)24-13-10-27(3)15(23-13)18(30)22-11-8-12(26(2)9-11)16(28)21-5-4-19/h6-10H,4-5,19H2,1-3H3,(H,21,28)(H,22,30)(H,24,29). The molecule has 158 valence electrons. The SMILES string of the molecule is Cn1cc(NC(=O)c2nc(NC(=O)c3nccn3C)cn2C)cc1C(=O)NCCN. The Balaban J connectivity index is 1.70. The van der Waals surface area contributed by atoms with Gasteiger partial charge in [-0.1, -0.05) is 0 Å². The van der Waals surface area contributed by atoms with Gasteiger partial charge in [0.1, 0.15) is 5.69 Å². The lowest BCUT2D eigenvalue weighted by Crippen LogP contribution is -2.30. The second kappa shape index (κ2) is 8.61. The molecule has 3 amide bonds. The molecule has 3 aromatic rings. The average Bonchev–Trinajstić information content (AvgIpc) is 3.38. The highest BCUT2D eigenvalue weighted by Gasteiger charge is 2.19. The number of nitrogens with one attached hydrogen (secondary N) is 3. The Hall–Kier alpha value is -3.93. The molecule has 0 aliphatic heterocycles. The maximum absolute atomic E-state index is 12.6. The van der Waals surface area contributed by atoms with Crippen molar-refractivity contribution in [1.29, 1.82) is 0 Å². The van der Waals surface area contributed by atoms with E-state index in [2.05, 4.69) is 25.9 Å². The van der Waals surface area contributed by atoms with E-state index in [4.69, 9.17) is 5.73 Å². The molecule has 0 aromatic carbocycles. The third kappa shape index (κ3) is 4.38. The zero-order valence-corrected chi connectivity index (χ0v) is 16.8. The van der Waals surface area contributed by atoms with Crippen LogP contribution in [0.1, 0.15) is 31.7 Å². The number of rotatable bonds is 7. The van der Waals surface area contributed by atoms with E-state index >= 15 is 0 Å². The molecule has 3 heterocycles. The van der Waals surface area contributed by atoms with Gasteiger partial charge < -0.3 is 35.4 Å². The van der Waals surface area contributed by atoms with Crippen LogP contribution in [0.3, 0.4) is 0 Å². The maximum Gasteiger partial charge on any atom is 0.292 e. The monoisotopic (exact) mass is 413 g/mol. The summed E-state index contributed by atoms with van der Waals surface area (Å²) < 4.78 is 4.65. The molecule has 30 heavy (non-hydrogen) atoms. The summed E-state index contributed by atoms with van der Waals surface area (Å²) in [4.78, 5) is 45.1. The van der Waals surface area contributed by atoms with Crippen molar-refractivity contribution in [2.75, 3.05) is 23.7 Å². The van der Waals surface area contributed by atoms with Crippen molar-refractivity contribution < 1.29 is 14.4 Å². The summed E-state index contributed by atoms with van der Waals surface area (Å²) in [7, 11) is 5.03. The number of amides is 3. The molecule has 0 spiro atoms. The fourth-order valence-corrected chi connectivity index (χ4v) is 2.82. The summed E-state index contributed by atoms with van der Waals surface area (Å²) in [6, 6.07) is 1.55. The first-order valence-electron chi connectivity index (χ1n) is 9.08. The highest BCUT2D eigenvalue weighted by Crippen LogP contribution is 2.15. The lowest BCUT2D eigenvalue weighted by atomic mass is 10.3. The zero-order chi connectivity index (χ0) is 21.8.